The van der Waals surface area contributed by atoms with Crippen LogP contribution in [0, 0.1) is 0 Å². The summed E-state index contributed by atoms with van der Waals surface area (Å²) in [6.07, 6.45) is 5.02. The third-order valence-electron chi connectivity index (χ3n) is 9.34. The summed E-state index contributed by atoms with van der Waals surface area (Å²) >= 11 is 0. The smallest absolute Gasteiger partial charge is 0.261 e. The summed E-state index contributed by atoms with van der Waals surface area (Å²) in [5, 5.41) is 6.84. The van der Waals surface area contributed by atoms with Crippen LogP contribution in [0.3, 0.4) is 0 Å². The molecule has 0 saturated heterocycles. The van der Waals surface area contributed by atoms with E-state index < -0.39 is 0 Å². The van der Waals surface area contributed by atoms with E-state index in [4.69, 9.17) is 0 Å². The van der Waals surface area contributed by atoms with Crippen LogP contribution >= 0.6 is 0 Å². The maximum Gasteiger partial charge on any atom is 0.261 e. The van der Waals surface area contributed by atoms with E-state index in [2.05, 4.69) is 24.1 Å². The monoisotopic (exact) mass is 618 g/mol. The molecular formula is C38H42N4O4. The Morgan fingerprint density at radius 1 is 0.543 bits per heavy atom. The first-order valence-electron chi connectivity index (χ1n) is 16.6. The van der Waals surface area contributed by atoms with Crippen molar-refractivity contribution in [3.05, 3.63) is 95.1 Å². The first-order chi connectivity index (χ1) is 22.4. The maximum atomic E-state index is 13.3. The number of nitrogens with one attached hydrogen (secondary N) is 1. The number of nitrogens with zero attached hydrogens (tertiary/aromatic N) is 3. The van der Waals surface area contributed by atoms with Gasteiger partial charge in [0.2, 0.25) is 0 Å². The molecule has 0 atom stereocenters. The van der Waals surface area contributed by atoms with Crippen molar-refractivity contribution in [2.24, 2.45) is 0 Å². The number of carbonyl (C=O) groups excluding carboxylic acids is 4. The van der Waals surface area contributed by atoms with Gasteiger partial charge < -0.3 is 5.32 Å². The fraction of sp³-hybridized carbons (Fsp3) is 0.368. The van der Waals surface area contributed by atoms with Crippen molar-refractivity contribution in [2.45, 2.75) is 52.0 Å². The van der Waals surface area contributed by atoms with E-state index in [1.165, 1.54) is 9.80 Å². The van der Waals surface area contributed by atoms with Crippen LogP contribution in [0.4, 0.5) is 0 Å². The van der Waals surface area contributed by atoms with Crippen LogP contribution < -0.4 is 5.32 Å². The van der Waals surface area contributed by atoms with Crippen LogP contribution in [-0.2, 0) is 0 Å². The number of rotatable bonds is 15. The highest BCUT2D eigenvalue weighted by Gasteiger charge is 2.33. The highest BCUT2D eigenvalue weighted by Crippen LogP contribution is 2.31. The standard InChI is InChI=1S/C38H42N4O4/c1-26(2)40(24-25-42-37(45)31-18-9-14-28-15-10-19-32(34(28)31)38(42)46)22-6-4-3-5-20-39-21-11-23-41-35(43)29-16-7-12-27-13-8-17-30(33(27)29)36(41)44/h7-10,12-19,26,39H,3-6,11,20-25H2,1-2H3. The predicted octanol–water partition coefficient (Wildman–Crippen LogP) is 6.14. The zero-order valence-corrected chi connectivity index (χ0v) is 26.8. The third-order valence-corrected chi connectivity index (χ3v) is 9.34. The van der Waals surface area contributed by atoms with Crippen LogP contribution in [0.5, 0.6) is 0 Å². The van der Waals surface area contributed by atoms with E-state index >= 15 is 0 Å². The van der Waals surface area contributed by atoms with Gasteiger partial charge in [-0.1, -0.05) is 61.4 Å². The Morgan fingerprint density at radius 3 is 1.46 bits per heavy atom. The Bertz CT molecular complexity index is 1700. The highest BCUT2D eigenvalue weighted by atomic mass is 16.2. The van der Waals surface area contributed by atoms with E-state index in [0.29, 0.717) is 54.4 Å². The second-order valence-electron chi connectivity index (χ2n) is 12.6. The highest BCUT2D eigenvalue weighted by molar-refractivity contribution is 6.26. The average molecular weight is 619 g/mol. The van der Waals surface area contributed by atoms with Crippen molar-refractivity contribution in [1.29, 1.82) is 0 Å². The molecule has 46 heavy (non-hydrogen) atoms. The van der Waals surface area contributed by atoms with Crippen molar-refractivity contribution < 1.29 is 19.2 Å². The lowest BCUT2D eigenvalue weighted by Crippen LogP contribution is -2.46. The fourth-order valence-electron chi connectivity index (χ4n) is 6.83. The molecule has 1 N–H and O–H groups in total. The molecular weight excluding hydrogens is 576 g/mol. The molecule has 0 aliphatic carbocycles. The largest absolute Gasteiger partial charge is 0.317 e. The SMILES string of the molecule is CC(C)N(CCCCCCNCCCN1C(=O)c2cccc3cccc(c23)C1=O)CCN1C(=O)c2cccc3cccc(c23)C1=O. The minimum Gasteiger partial charge on any atom is -0.317 e. The molecule has 2 heterocycles. The average Bonchev–Trinajstić information content (AvgIpc) is 3.06. The van der Waals surface area contributed by atoms with Gasteiger partial charge in [-0.3, -0.25) is 33.9 Å². The van der Waals surface area contributed by atoms with E-state index in [-0.39, 0.29) is 23.6 Å². The summed E-state index contributed by atoms with van der Waals surface area (Å²) in [7, 11) is 0. The number of carbonyl (C=O) groups is 4. The lowest BCUT2D eigenvalue weighted by atomic mass is 9.94. The van der Waals surface area contributed by atoms with Gasteiger partial charge in [-0.25, -0.2) is 0 Å². The number of unbranched alkanes of at least 4 members (excludes halogenated alkanes) is 3. The zero-order chi connectivity index (χ0) is 32.2. The molecule has 4 aromatic carbocycles. The van der Waals surface area contributed by atoms with Crippen molar-refractivity contribution in [3.8, 4) is 0 Å². The summed E-state index contributed by atoms with van der Waals surface area (Å²) in [6.45, 7) is 8.30. The molecule has 4 amide bonds. The molecule has 8 heteroatoms. The van der Waals surface area contributed by atoms with Crippen LogP contribution in [0.15, 0.2) is 72.8 Å². The van der Waals surface area contributed by atoms with Crippen molar-refractivity contribution in [2.75, 3.05) is 39.3 Å². The van der Waals surface area contributed by atoms with Crippen LogP contribution in [-0.4, -0.2) is 83.6 Å². The van der Waals surface area contributed by atoms with Gasteiger partial charge in [-0.15, -0.1) is 0 Å². The molecule has 2 aliphatic rings. The Labute approximate surface area is 270 Å². The molecule has 4 aromatic rings. The lowest BCUT2D eigenvalue weighted by Gasteiger charge is -2.31. The van der Waals surface area contributed by atoms with E-state index in [1.54, 1.807) is 0 Å². The summed E-state index contributed by atoms with van der Waals surface area (Å²) < 4.78 is 0. The van der Waals surface area contributed by atoms with E-state index in [9.17, 15) is 19.2 Å². The van der Waals surface area contributed by atoms with Crippen molar-refractivity contribution >= 4 is 45.2 Å². The van der Waals surface area contributed by atoms with Crippen molar-refractivity contribution in [1.82, 2.24) is 20.0 Å². The van der Waals surface area contributed by atoms with Crippen LogP contribution in [0.25, 0.3) is 21.5 Å². The molecule has 6 rings (SSSR count). The van der Waals surface area contributed by atoms with Gasteiger partial charge in [0.1, 0.15) is 0 Å². The van der Waals surface area contributed by atoms with Gasteiger partial charge in [0, 0.05) is 58.7 Å². The molecule has 0 unspecified atom stereocenters. The Balaban J connectivity index is 0.881. The number of hydrogen-bond donors (Lipinski definition) is 1. The fourth-order valence-corrected chi connectivity index (χ4v) is 6.83. The molecule has 2 aliphatic heterocycles. The molecule has 0 aromatic heterocycles. The molecule has 0 fully saturated rings. The lowest BCUT2D eigenvalue weighted by molar-refractivity contribution is 0.0577. The second-order valence-corrected chi connectivity index (χ2v) is 12.6. The molecule has 0 radical (unpaired) electrons. The summed E-state index contributed by atoms with van der Waals surface area (Å²) in [5.41, 5.74) is 2.42. The molecule has 0 saturated carbocycles. The van der Waals surface area contributed by atoms with Gasteiger partial charge in [0.25, 0.3) is 23.6 Å². The van der Waals surface area contributed by atoms with Gasteiger partial charge >= 0.3 is 0 Å². The third kappa shape index (κ3) is 6.19. The van der Waals surface area contributed by atoms with Crippen LogP contribution in [0.2, 0.25) is 0 Å². The predicted molar refractivity (Wildman–Crippen MR) is 181 cm³/mol. The van der Waals surface area contributed by atoms with Crippen LogP contribution in [0.1, 0.15) is 87.4 Å². The zero-order valence-electron chi connectivity index (χ0n) is 26.8. The summed E-state index contributed by atoms with van der Waals surface area (Å²) in [5.74, 6) is -0.825. The normalized spacial score (nSPS) is 14.5. The Hall–Kier alpha value is -4.40. The summed E-state index contributed by atoms with van der Waals surface area (Å²) in [6, 6.07) is 22.8. The first kappa shape index (κ1) is 31.6. The Kier molecular flexibility index (Phi) is 9.56. The number of imide groups is 2. The molecule has 0 bridgehead atoms. The quantitative estimate of drug-likeness (QED) is 0.127. The van der Waals surface area contributed by atoms with E-state index in [1.807, 2.05) is 72.8 Å². The minimum absolute atomic E-state index is 0.206. The number of benzene rings is 4. The first-order valence-corrected chi connectivity index (χ1v) is 16.6. The van der Waals surface area contributed by atoms with Gasteiger partial charge in [0.05, 0.1) is 0 Å². The summed E-state index contributed by atoms with van der Waals surface area (Å²) in [4.78, 5) is 57.8. The topological polar surface area (TPSA) is 90.0 Å². The van der Waals surface area contributed by atoms with Gasteiger partial charge in [-0.05, 0) is 87.8 Å². The van der Waals surface area contributed by atoms with E-state index in [0.717, 1.165) is 66.9 Å². The molecule has 8 nitrogen and oxygen atoms in total. The van der Waals surface area contributed by atoms with Gasteiger partial charge in [-0.2, -0.15) is 0 Å². The van der Waals surface area contributed by atoms with Crippen molar-refractivity contribution in [3.63, 3.8) is 0 Å². The Morgan fingerprint density at radius 2 is 0.978 bits per heavy atom. The van der Waals surface area contributed by atoms with Gasteiger partial charge in [0.15, 0.2) is 0 Å². The molecule has 0 spiro atoms. The minimum atomic E-state index is -0.207. The number of hydrogen-bond acceptors (Lipinski definition) is 6. The number of amides is 4. The molecule has 238 valence electrons. The second kappa shape index (κ2) is 13.9. The maximum absolute atomic E-state index is 13.3.